The van der Waals surface area contributed by atoms with E-state index < -0.39 is 0 Å². The van der Waals surface area contributed by atoms with Gasteiger partial charge in [-0.15, -0.1) is 0 Å². The summed E-state index contributed by atoms with van der Waals surface area (Å²) in [4.78, 5) is 0. The van der Waals surface area contributed by atoms with Crippen molar-refractivity contribution in [3.8, 4) is 45.3 Å². The highest BCUT2D eigenvalue weighted by Crippen LogP contribution is 2.27. The molecule has 0 aliphatic carbocycles. The van der Waals surface area contributed by atoms with E-state index in [0.29, 0.717) is 0 Å². The molecule has 0 radical (unpaired) electrons. The van der Waals surface area contributed by atoms with Gasteiger partial charge in [0.05, 0.1) is 53.6 Å². The van der Waals surface area contributed by atoms with Gasteiger partial charge in [-0.2, -0.15) is 0 Å². The van der Waals surface area contributed by atoms with Crippen LogP contribution >= 0.6 is 0 Å². The Morgan fingerprint density at radius 2 is 0.476 bits per heavy atom. The maximum absolute atomic E-state index is 6.06. The van der Waals surface area contributed by atoms with Crippen LogP contribution in [-0.2, 0) is 0 Å². The van der Waals surface area contributed by atoms with Crippen molar-refractivity contribution in [1.29, 1.82) is 0 Å². The molecule has 0 bridgehead atoms. The Morgan fingerprint density at radius 3 is 0.714 bits per heavy atom. The Hall–Kier alpha value is -3.96. The number of quaternary nitrogens is 1. The van der Waals surface area contributed by atoms with Crippen LogP contribution in [0.15, 0.2) is 97.1 Å². The van der Waals surface area contributed by atoms with E-state index in [0.717, 1.165) is 75.1 Å². The lowest BCUT2D eigenvalue weighted by Gasteiger charge is -2.30. The third-order valence-corrected chi connectivity index (χ3v) is 12.5. The highest BCUT2D eigenvalue weighted by Gasteiger charge is 2.13. The Bertz CT molecular complexity index is 1540. The van der Waals surface area contributed by atoms with Crippen LogP contribution in [0.3, 0.4) is 0 Å². The van der Waals surface area contributed by atoms with Gasteiger partial charge < -0.3 is 23.4 Å². The summed E-state index contributed by atoms with van der Waals surface area (Å²) in [5.74, 6) is 3.84. The Labute approximate surface area is 385 Å². The zero-order valence-electron chi connectivity index (χ0n) is 40.5. The van der Waals surface area contributed by atoms with E-state index in [2.05, 4.69) is 125 Å². The molecule has 348 valence electrons. The third kappa shape index (κ3) is 23.5. The van der Waals surface area contributed by atoms with Crippen molar-refractivity contribution >= 4 is 0 Å². The fourth-order valence-corrected chi connectivity index (χ4v) is 8.31. The summed E-state index contributed by atoms with van der Waals surface area (Å²) in [6, 6.07) is 34.0. The predicted octanol–water partition coefficient (Wildman–Crippen LogP) is 16.7. The number of hydrogen-bond acceptors (Lipinski definition) is 4. The largest absolute Gasteiger partial charge is 0.494 e. The molecule has 4 aromatic carbocycles. The van der Waals surface area contributed by atoms with Crippen molar-refractivity contribution in [2.24, 2.45) is 0 Å². The predicted molar refractivity (Wildman–Crippen MR) is 270 cm³/mol. The first-order chi connectivity index (χ1) is 31.0. The second kappa shape index (κ2) is 32.7. The number of rotatable bonds is 38. The van der Waals surface area contributed by atoms with Crippen LogP contribution in [0.1, 0.15) is 168 Å². The first kappa shape index (κ1) is 51.7. The highest BCUT2D eigenvalue weighted by atomic mass is 16.5. The molecular formula is C58H88NO4+. The van der Waals surface area contributed by atoms with Crippen LogP contribution in [-0.4, -0.2) is 58.1 Å². The first-order valence-corrected chi connectivity index (χ1v) is 25.7. The third-order valence-electron chi connectivity index (χ3n) is 12.5. The molecule has 0 aliphatic rings. The molecule has 63 heavy (non-hydrogen) atoms. The van der Waals surface area contributed by atoms with Crippen molar-refractivity contribution in [3.63, 3.8) is 0 Å². The molecule has 0 amide bonds. The fourth-order valence-electron chi connectivity index (χ4n) is 8.31. The lowest BCUT2D eigenvalue weighted by Crippen LogP contribution is -2.41. The molecule has 5 nitrogen and oxygen atoms in total. The molecule has 0 atom stereocenters. The van der Waals surface area contributed by atoms with E-state index in [1.807, 2.05) is 0 Å². The smallest absolute Gasteiger partial charge is 0.119 e. The van der Waals surface area contributed by atoms with E-state index in [1.54, 1.807) is 0 Å². The molecule has 5 heteroatoms. The minimum Gasteiger partial charge on any atom is -0.494 e. The number of unbranched alkanes of at least 4 members (excludes halogenated alkanes) is 20. The molecule has 0 heterocycles. The summed E-state index contributed by atoms with van der Waals surface area (Å²) in [5.41, 5.74) is 4.84. The van der Waals surface area contributed by atoms with E-state index in [4.69, 9.17) is 18.9 Å². The summed E-state index contributed by atoms with van der Waals surface area (Å²) in [7, 11) is 4.87. The van der Waals surface area contributed by atoms with Crippen molar-refractivity contribution in [2.75, 3.05) is 53.6 Å². The van der Waals surface area contributed by atoms with Crippen LogP contribution in [0.2, 0.25) is 0 Å². The van der Waals surface area contributed by atoms with Crippen LogP contribution in [0.25, 0.3) is 22.3 Å². The minimum absolute atomic E-state index is 0.802. The Balaban J connectivity index is 0.889. The SMILES string of the molecule is CCCCCCOc1ccc(-c2ccc(OCCCCCCCCCC[N+](C)(C)CCCCCCCCCCOc3ccc(-c4ccc(OCCCCCC)cc4)cc3)cc2)cc1. The summed E-state index contributed by atoms with van der Waals surface area (Å²) >= 11 is 0. The van der Waals surface area contributed by atoms with Gasteiger partial charge in [0.15, 0.2) is 0 Å². The van der Waals surface area contributed by atoms with E-state index >= 15 is 0 Å². The van der Waals surface area contributed by atoms with Crippen molar-refractivity contribution in [1.82, 2.24) is 0 Å². The zero-order chi connectivity index (χ0) is 44.5. The molecule has 0 N–H and O–H groups in total. The van der Waals surface area contributed by atoms with E-state index in [9.17, 15) is 0 Å². The molecule has 4 aromatic rings. The van der Waals surface area contributed by atoms with Gasteiger partial charge in [0, 0.05) is 0 Å². The highest BCUT2D eigenvalue weighted by molar-refractivity contribution is 5.65. The van der Waals surface area contributed by atoms with Gasteiger partial charge in [-0.3, -0.25) is 0 Å². The molecule has 0 spiro atoms. The van der Waals surface area contributed by atoms with Crippen molar-refractivity contribution < 1.29 is 23.4 Å². The van der Waals surface area contributed by atoms with Gasteiger partial charge in [-0.05, 0) is 122 Å². The van der Waals surface area contributed by atoms with Crippen molar-refractivity contribution in [3.05, 3.63) is 97.1 Å². The molecule has 0 aromatic heterocycles. The van der Waals surface area contributed by atoms with Crippen LogP contribution < -0.4 is 18.9 Å². The summed E-state index contributed by atoms with van der Waals surface area (Å²) in [6.07, 6.45) is 30.9. The van der Waals surface area contributed by atoms with E-state index in [-0.39, 0.29) is 0 Å². The van der Waals surface area contributed by atoms with E-state index in [1.165, 1.54) is 168 Å². The molecule has 0 saturated heterocycles. The van der Waals surface area contributed by atoms with Crippen LogP contribution in [0, 0.1) is 0 Å². The maximum Gasteiger partial charge on any atom is 0.119 e. The number of nitrogens with zero attached hydrogens (tertiary/aromatic N) is 1. The monoisotopic (exact) mass is 863 g/mol. The van der Waals surface area contributed by atoms with Crippen LogP contribution in [0.5, 0.6) is 23.0 Å². The average molecular weight is 863 g/mol. The Kier molecular flexibility index (Phi) is 26.8. The lowest BCUT2D eigenvalue weighted by atomic mass is 10.1. The summed E-state index contributed by atoms with van der Waals surface area (Å²) in [5, 5.41) is 0. The molecule has 0 saturated carbocycles. The normalized spacial score (nSPS) is 11.5. The maximum atomic E-state index is 6.06. The number of hydrogen-bond donors (Lipinski definition) is 0. The van der Waals surface area contributed by atoms with Gasteiger partial charge >= 0.3 is 0 Å². The molecule has 0 fully saturated rings. The average Bonchev–Trinajstić information content (AvgIpc) is 3.30. The fraction of sp³-hybridized carbons (Fsp3) is 0.586. The standard InChI is InChI=1S/C58H88NO4/c1-5-7-9-25-47-60-55-37-29-51(30-38-55)53-33-41-57(42-34-53)62-49-27-21-17-13-11-15-19-23-45-59(3,4)46-24-20-16-12-14-18-22-28-50-63-58-43-35-54(36-44-58)52-31-39-56(40-32-52)61-48-26-10-8-6-2/h29-44H,5-28,45-50H2,1-4H3/q+1. The van der Waals surface area contributed by atoms with Gasteiger partial charge in [0.1, 0.15) is 23.0 Å². The quantitative estimate of drug-likeness (QED) is 0.0332. The van der Waals surface area contributed by atoms with Gasteiger partial charge in [-0.25, -0.2) is 0 Å². The second-order valence-corrected chi connectivity index (χ2v) is 18.7. The first-order valence-electron chi connectivity index (χ1n) is 25.7. The van der Waals surface area contributed by atoms with Gasteiger partial charge in [0.2, 0.25) is 0 Å². The summed E-state index contributed by atoms with van der Waals surface area (Å²) < 4.78 is 25.1. The molecule has 4 rings (SSSR count). The molecule has 0 unspecified atom stereocenters. The van der Waals surface area contributed by atoms with Gasteiger partial charge in [0.25, 0.3) is 0 Å². The topological polar surface area (TPSA) is 36.9 Å². The summed E-state index contributed by atoms with van der Waals surface area (Å²) in [6.45, 7) is 10.3. The number of ether oxygens (including phenoxy) is 4. The molecule has 0 aliphatic heterocycles. The van der Waals surface area contributed by atoms with Crippen LogP contribution in [0.4, 0.5) is 0 Å². The molecular weight excluding hydrogens is 775 g/mol. The minimum atomic E-state index is 0.802. The second-order valence-electron chi connectivity index (χ2n) is 18.7. The van der Waals surface area contributed by atoms with Crippen molar-refractivity contribution in [2.45, 2.75) is 168 Å². The lowest BCUT2D eigenvalue weighted by molar-refractivity contribution is -0.890. The Morgan fingerprint density at radius 1 is 0.270 bits per heavy atom. The zero-order valence-corrected chi connectivity index (χ0v) is 40.5. The van der Waals surface area contributed by atoms with Gasteiger partial charge in [-0.1, -0.05) is 165 Å². The number of benzene rings is 4.